The third kappa shape index (κ3) is 3.62. The second kappa shape index (κ2) is 7.73. The smallest absolute Gasteiger partial charge is 0.191 e. The first kappa shape index (κ1) is 19.6. The van der Waals surface area contributed by atoms with Gasteiger partial charge in [0.1, 0.15) is 5.82 Å². The van der Waals surface area contributed by atoms with Crippen molar-refractivity contribution in [2.24, 2.45) is 0 Å². The molecule has 0 amide bonds. The van der Waals surface area contributed by atoms with Crippen molar-refractivity contribution >= 4 is 17.5 Å². The van der Waals surface area contributed by atoms with Crippen LogP contribution in [0.1, 0.15) is 83.7 Å². The first-order valence-electron chi connectivity index (χ1n) is 10.9. The Bertz CT molecular complexity index is 1080. The van der Waals surface area contributed by atoms with Crippen molar-refractivity contribution in [1.29, 1.82) is 0 Å². The van der Waals surface area contributed by atoms with Crippen molar-refractivity contribution < 1.29 is 4.79 Å². The number of aromatic nitrogens is 4. The van der Waals surface area contributed by atoms with Gasteiger partial charge >= 0.3 is 0 Å². The Morgan fingerprint density at radius 3 is 2.53 bits per heavy atom. The van der Waals surface area contributed by atoms with E-state index < -0.39 is 0 Å². The molecule has 0 N–H and O–H groups in total. The van der Waals surface area contributed by atoms with Crippen molar-refractivity contribution in [3.05, 3.63) is 64.7 Å². The number of carbonyl (C=O) groups excluding carboxylic acids is 1. The van der Waals surface area contributed by atoms with Crippen LogP contribution in [0.15, 0.2) is 41.6 Å². The summed E-state index contributed by atoms with van der Waals surface area (Å²) in [7, 11) is 0. The predicted octanol–water partition coefficient (Wildman–Crippen LogP) is 5.49. The summed E-state index contributed by atoms with van der Waals surface area (Å²) in [5.41, 5.74) is 4.23. The van der Waals surface area contributed by atoms with Crippen molar-refractivity contribution in [1.82, 2.24) is 19.3 Å². The van der Waals surface area contributed by atoms with E-state index in [9.17, 15) is 4.79 Å². The molecule has 30 heavy (non-hydrogen) atoms. The Kier molecular flexibility index (Phi) is 5.05. The number of benzene rings is 1. The van der Waals surface area contributed by atoms with Crippen LogP contribution in [-0.2, 0) is 0 Å². The number of ketones is 1. The number of hydrogen-bond donors (Lipinski definition) is 0. The van der Waals surface area contributed by atoms with E-state index in [-0.39, 0.29) is 11.8 Å². The highest BCUT2D eigenvalue weighted by Gasteiger charge is 2.36. The second-order valence-corrected chi connectivity index (χ2v) is 9.61. The first-order valence-corrected chi connectivity index (χ1v) is 11.9. The Morgan fingerprint density at radius 2 is 1.87 bits per heavy atom. The normalized spacial score (nSPS) is 17.3. The SMILES string of the molecule is Cc1cc(C(=O)CSc2nnc(C3CC3)n2C2CC2)c(C)n1[C@@H](C)c1ccccc1. The molecular weight excluding hydrogens is 392 g/mol. The molecule has 156 valence electrons. The van der Waals surface area contributed by atoms with E-state index in [1.165, 1.54) is 31.2 Å². The summed E-state index contributed by atoms with van der Waals surface area (Å²) in [6.45, 7) is 6.33. The van der Waals surface area contributed by atoms with E-state index in [2.05, 4.69) is 64.4 Å². The van der Waals surface area contributed by atoms with Crippen LogP contribution in [-0.4, -0.2) is 30.9 Å². The fourth-order valence-corrected chi connectivity index (χ4v) is 5.32. The largest absolute Gasteiger partial charge is 0.341 e. The van der Waals surface area contributed by atoms with Crippen LogP contribution in [0.4, 0.5) is 0 Å². The fraction of sp³-hybridized carbons (Fsp3) is 0.458. The molecule has 2 fully saturated rings. The maximum Gasteiger partial charge on any atom is 0.191 e. The van der Waals surface area contributed by atoms with Gasteiger partial charge < -0.3 is 9.13 Å². The zero-order chi connectivity index (χ0) is 20.8. The maximum absolute atomic E-state index is 13.1. The first-order chi connectivity index (χ1) is 14.5. The number of rotatable bonds is 8. The number of Topliss-reactive ketones (excluding diaryl/α,β-unsaturated/α-hetero) is 1. The highest BCUT2D eigenvalue weighted by Crippen LogP contribution is 2.46. The van der Waals surface area contributed by atoms with E-state index in [0.29, 0.717) is 17.7 Å². The summed E-state index contributed by atoms with van der Waals surface area (Å²) in [6, 6.07) is 13.2. The van der Waals surface area contributed by atoms with E-state index in [4.69, 9.17) is 0 Å². The van der Waals surface area contributed by atoms with Gasteiger partial charge in [-0.15, -0.1) is 10.2 Å². The van der Waals surface area contributed by atoms with Crippen molar-refractivity contribution in [2.45, 2.75) is 69.6 Å². The molecule has 0 spiro atoms. The van der Waals surface area contributed by atoms with Crippen LogP contribution in [0, 0.1) is 13.8 Å². The number of carbonyl (C=O) groups is 1. The third-order valence-corrected chi connectivity index (χ3v) is 7.27. The highest BCUT2D eigenvalue weighted by molar-refractivity contribution is 7.99. The molecule has 1 atom stereocenters. The summed E-state index contributed by atoms with van der Waals surface area (Å²) in [4.78, 5) is 13.1. The zero-order valence-electron chi connectivity index (χ0n) is 17.8. The lowest BCUT2D eigenvalue weighted by molar-refractivity contribution is 0.102. The average Bonchev–Trinajstić information content (AvgIpc) is 3.69. The molecule has 3 aromatic rings. The molecule has 5 rings (SSSR count). The lowest BCUT2D eigenvalue weighted by Gasteiger charge is -2.19. The predicted molar refractivity (Wildman–Crippen MR) is 119 cm³/mol. The Labute approximate surface area is 181 Å². The van der Waals surface area contributed by atoms with Crippen LogP contribution in [0.25, 0.3) is 0 Å². The molecule has 2 saturated carbocycles. The fourth-order valence-electron chi connectivity index (χ4n) is 4.43. The van der Waals surface area contributed by atoms with Crippen LogP contribution in [0.2, 0.25) is 0 Å². The Hall–Kier alpha value is -2.34. The van der Waals surface area contributed by atoms with Gasteiger partial charge in [0.15, 0.2) is 10.9 Å². The minimum Gasteiger partial charge on any atom is -0.341 e. The lowest BCUT2D eigenvalue weighted by atomic mass is 10.1. The molecule has 0 saturated heterocycles. The number of hydrogen-bond acceptors (Lipinski definition) is 4. The monoisotopic (exact) mass is 420 g/mol. The summed E-state index contributed by atoms with van der Waals surface area (Å²) in [5, 5.41) is 9.81. The molecule has 0 radical (unpaired) electrons. The highest BCUT2D eigenvalue weighted by atomic mass is 32.2. The molecule has 0 bridgehead atoms. The summed E-state index contributed by atoms with van der Waals surface area (Å²) in [6.07, 6.45) is 4.86. The van der Waals surface area contributed by atoms with Gasteiger partial charge in [-0.1, -0.05) is 42.1 Å². The van der Waals surface area contributed by atoms with Crippen LogP contribution < -0.4 is 0 Å². The van der Waals surface area contributed by atoms with Gasteiger partial charge in [0, 0.05) is 28.9 Å². The summed E-state index contributed by atoms with van der Waals surface area (Å²) < 4.78 is 4.58. The molecule has 2 heterocycles. The van der Waals surface area contributed by atoms with Crippen molar-refractivity contribution in [3.8, 4) is 0 Å². The molecule has 6 heteroatoms. The molecule has 0 aliphatic heterocycles. The Balaban J connectivity index is 1.34. The lowest BCUT2D eigenvalue weighted by Crippen LogP contribution is -2.12. The van der Waals surface area contributed by atoms with Gasteiger partial charge in [0.05, 0.1) is 11.8 Å². The number of nitrogens with zero attached hydrogens (tertiary/aromatic N) is 4. The zero-order valence-corrected chi connectivity index (χ0v) is 18.7. The van der Waals surface area contributed by atoms with E-state index >= 15 is 0 Å². The van der Waals surface area contributed by atoms with E-state index in [1.54, 1.807) is 11.8 Å². The van der Waals surface area contributed by atoms with Gasteiger partial charge in [0.25, 0.3) is 0 Å². The molecule has 1 aromatic carbocycles. The molecular formula is C24H28N4OS. The minimum atomic E-state index is 0.165. The van der Waals surface area contributed by atoms with Gasteiger partial charge in [0.2, 0.25) is 0 Å². The number of aryl methyl sites for hydroxylation is 1. The van der Waals surface area contributed by atoms with Gasteiger partial charge in [-0.2, -0.15) is 0 Å². The van der Waals surface area contributed by atoms with Crippen LogP contribution in [0.5, 0.6) is 0 Å². The minimum absolute atomic E-state index is 0.165. The summed E-state index contributed by atoms with van der Waals surface area (Å²) in [5.74, 6) is 2.29. The molecule has 5 nitrogen and oxygen atoms in total. The van der Waals surface area contributed by atoms with E-state index in [1.807, 2.05) is 12.1 Å². The van der Waals surface area contributed by atoms with Crippen LogP contribution in [0.3, 0.4) is 0 Å². The third-order valence-electron chi connectivity index (χ3n) is 6.33. The van der Waals surface area contributed by atoms with E-state index in [0.717, 1.165) is 27.9 Å². The van der Waals surface area contributed by atoms with Gasteiger partial charge in [-0.05, 0) is 58.1 Å². The molecule has 0 unspecified atom stereocenters. The van der Waals surface area contributed by atoms with Crippen molar-refractivity contribution in [2.75, 3.05) is 5.75 Å². The van der Waals surface area contributed by atoms with Gasteiger partial charge in [-0.25, -0.2) is 0 Å². The average molecular weight is 421 g/mol. The molecule has 2 aliphatic carbocycles. The summed E-state index contributed by atoms with van der Waals surface area (Å²) >= 11 is 1.54. The topological polar surface area (TPSA) is 52.7 Å². The second-order valence-electron chi connectivity index (χ2n) is 8.67. The van der Waals surface area contributed by atoms with Crippen molar-refractivity contribution in [3.63, 3.8) is 0 Å². The number of thioether (sulfide) groups is 1. The maximum atomic E-state index is 13.1. The quantitative estimate of drug-likeness (QED) is 0.357. The van der Waals surface area contributed by atoms with Gasteiger partial charge in [-0.3, -0.25) is 4.79 Å². The van der Waals surface area contributed by atoms with Crippen LogP contribution >= 0.6 is 11.8 Å². The standard InChI is InChI=1S/C24H28N4OS/c1-15-13-21(17(3)27(15)16(2)18-7-5-4-6-8-18)22(29)14-30-24-26-25-23(19-9-10-19)28(24)20-11-12-20/h4-8,13,16,19-20H,9-12,14H2,1-3H3/t16-/m0/s1. The Morgan fingerprint density at radius 1 is 1.13 bits per heavy atom. The molecule has 2 aromatic heterocycles. The molecule has 2 aliphatic rings.